The molecule has 21 heavy (non-hydrogen) atoms. The number of amides is 1. The summed E-state index contributed by atoms with van der Waals surface area (Å²) in [6, 6.07) is 4.28. The number of carbonyl (C=O) groups excluding carboxylic acids is 1. The van der Waals surface area contributed by atoms with Crippen molar-refractivity contribution in [2.45, 2.75) is 19.3 Å². The number of benzene rings is 1. The molecule has 1 saturated heterocycles. The molecule has 114 valence electrons. The second kappa shape index (κ2) is 7.09. The first-order valence-corrected chi connectivity index (χ1v) is 7.74. The van der Waals surface area contributed by atoms with E-state index in [1.165, 1.54) is 18.2 Å². The van der Waals surface area contributed by atoms with E-state index in [2.05, 4.69) is 0 Å². The van der Waals surface area contributed by atoms with Crippen molar-refractivity contribution in [2.75, 3.05) is 19.0 Å². The lowest BCUT2D eigenvalue weighted by molar-refractivity contribution is -0.385. The molecule has 1 aliphatic heterocycles. The van der Waals surface area contributed by atoms with Crippen LogP contribution < -0.4 is 0 Å². The number of carbonyl (C=O) groups is 1. The molecule has 0 spiro atoms. The molecule has 1 aliphatic rings. The van der Waals surface area contributed by atoms with Crippen molar-refractivity contribution >= 4 is 34.8 Å². The number of alkyl halides is 1. The normalized spacial score (nSPS) is 18.6. The fourth-order valence-corrected chi connectivity index (χ4v) is 3.23. The number of hydrogen-bond donors (Lipinski definition) is 0. The second-order valence-electron chi connectivity index (χ2n) is 5.13. The molecule has 0 aliphatic carbocycles. The fourth-order valence-electron chi connectivity index (χ4n) is 2.67. The van der Waals surface area contributed by atoms with Crippen LogP contribution in [-0.2, 0) is 0 Å². The van der Waals surface area contributed by atoms with Crippen LogP contribution in [0, 0.1) is 16.0 Å². The standard InChI is InChI=1S/C14H16Cl2N2O3/c15-7-6-10-3-2-8-17(9-10)14(19)13-11(16)4-1-5-12(13)18(20)21/h1,4-5,10H,2-3,6-9H2. The van der Waals surface area contributed by atoms with Crippen molar-refractivity contribution in [3.63, 3.8) is 0 Å². The van der Waals surface area contributed by atoms with Crippen molar-refractivity contribution in [3.05, 3.63) is 38.9 Å². The minimum atomic E-state index is -0.570. The SMILES string of the molecule is O=C(c1c(Cl)cccc1[N+](=O)[O-])N1CCCC(CCCl)C1. The average molecular weight is 331 g/mol. The summed E-state index contributed by atoms with van der Waals surface area (Å²) in [5.41, 5.74) is -0.261. The van der Waals surface area contributed by atoms with E-state index in [9.17, 15) is 14.9 Å². The maximum absolute atomic E-state index is 12.6. The zero-order chi connectivity index (χ0) is 15.4. The lowest BCUT2D eigenvalue weighted by Gasteiger charge is -2.32. The van der Waals surface area contributed by atoms with Gasteiger partial charge in [0.15, 0.2) is 0 Å². The number of nitro benzene ring substituents is 1. The van der Waals surface area contributed by atoms with Gasteiger partial charge in [-0.1, -0.05) is 17.7 Å². The number of halogens is 2. The Morgan fingerprint density at radius 3 is 2.90 bits per heavy atom. The molecule has 0 saturated carbocycles. The molecule has 1 heterocycles. The number of piperidine rings is 1. The molecule has 0 radical (unpaired) electrons. The second-order valence-corrected chi connectivity index (χ2v) is 5.91. The van der Waals surface area contributed by atoms with Gasteiger partial charge in [0, 0.05) is 25.0 Å². The van der Waals surface area contributed by atoms with Crippen LogP contribution in [0.5, 0.6) is 0 Å². The van der Waals surface area contributed by atoms with E-state index in [1.807, 2.05) is 0 Å². The van der Waals surface area contributed by atoms with Crippen LogP contribution >= 0.6 is 23.2 Å². The van der Waals surface area contributed by atoms with Gasteiger partial charge in [0.2, 0.25) is 0 Å². The molecular weight excluding hydrogens is 315 g/mol. The van der Waals surface area contributed by atoms with E-state index in [4.69, 9.17) is 23.2 Å². The van der Waals surface area contributed by atoms with Gasteiger partial charge in [0.1, 0.15) is 5.56 Å². The van der Waals surface area contributed by atoms with E-state index >= 15 is 0 Å². The highest BCUT2D eigenvalue weighted by molar-refractivity contribution is 6.34. The predicted molar refractivity (Wildman–Crippen MR) is 82.1 cm³/mol. The van der Waals surface area contributed by atoms with Crippen molar-refractivity contribution < 1.29 is 9.72 Å². The Morgan fingerprint density at radius 1 is 1.48 bits per heavy atom. The summed E-state index contributed by atoms with van der Waals surface area (Å²) in [6.07, 6.45) is 2.75. The van der Waals surface area contributed by atoms with Crippen LogP contribution in [0.2, 0.25) is 5.02 Å². The van der Waals surface area contributed by atoms with Crippen LogP contribution in [0.25, 0.3) is 0 Å². The Bertz CT molecular complexity index is 549. The Labute approximate surface area is 133 Å². The summed E-state index contributed by atoms with van der Waals surface area (Å²) < 4.78 is 0. The number of nitrogens with zero attached hydrogens (tertiary/aromatic N) is 2. The molecule has 1 aromatic carbocycles. The number of rotatable bonds is 4. The van der Waals surface area contributed by atoms with E-state index in [0.29, 0.717) is 24.9 Å². The molecule has 0 aromatic heterocycles. The lowest BCUT2D eigenvalue weighted by atomic mass is 9.95. The molecule has 7 heteroatoms. The zero-order valence-electron chi connectivity index (χ0n) is 11.4. The van der Waals surface area contributed by atoms with Gasteiger partial charge >= 0.3 is 0 Å². The van der Waals surface area contributed by atoms with Gasteiger partial charge in [0.25, 0.3) is 11.6 Å². The molecule has 5 nitrogen and oxygen atoms in total. The summed E-state index contributed by atoms with van der Waals surface area (Å²) in [5, 5.41) is 11.2. The Hall–Kier alpha value is -1.33. The van der Waals surface area contributed by atoms with Gasteiger partial charge < -0.3 is 4.90 Å². The highest BCUT2D eigenvalue weighted by atomic mass is 35.5. The number of likely N-dealkylation sites (tertiary alicyclic amines) is 1. The van der Waals surface area contributed by atoms with E-state index < -0.39 is 4.92 Å². The third kappa shape index (κ3) is 3.66. The van der Waals surface area contributed by atoms with Gasteiger partial charge in [-0.3, -0.25) is 14.9 Å². The molecule has 2 rings (SSSR count). The molecule has 1 fully saturated rings. The van der Waals surface area contributed by atoms with Crippen LogP contribution in [0.4, 0.5) is 5.69 Å². The summed E-state index contributed by atoms with van der Waals surface area (Å²) in [5.74, 6) is 0.534. The van der Waals surface area contributed by atoms with Gasteiger partial charge in [0.05, 0.1) is 9.95 Å². The maximum Gasteiger partial charge on any atom is 0.283 e. The summed E-state index contributed by atoms with van der Waals surface area (Å²) in [6.45, 7) is 1.17. The van der Waals surface area contributed by atoms with Crippen LogP contribution in [0.1, 0.15) is 29.6 Å². The number of hydrogen-bond acceptors (Lipinski definition) is 3. The smallest absolute Gasteiger partial charge is 0.283 e. The molecule has 1 atom stereocenters. The summed E-state index contributed by atoms with van der Waals surface area (Å²) >= 11 is 11.8. The van der Waals surface area contributed by atoms with Crippen molar-refractivity contribution in [1.29, 1.82) is 0 Å². The monoisotopic (exact) mass is 330 g/mol. The Morgan fingerprint density at radius 2 is 2.24 bits per heavy atom. The quantitative estimate of drug-likeness (QED) is 0.480. The lowest BCUT2D eigenvalue weighted by Crippen LogP contribution is -2.40. The molecule has 1 amide bonds. The first-order chi connectivity index (χ1) is 10.0. The van der Waals surface area contributed by atoms with Crippen molar-refractivity contribution in [1.82, 2.24) is 4.90 Å². The molecular formula is C14H16Cl2N2O3. The van der Waals surface area contributed by atoms with Gasteiger partial charge in [-0.05, 0) is 31.2 Å². The van der Waals surface area contributed by atoms with Crippen LogP contribution in [0.3, 0.4) is 0 Å². The minimum absolute atomic E-state index is 0.0179. The van der Waals surface area contributed by atoms with Crippen LogP contribution in [-0.4, -0.2) is 34.7 Å². The molecule has 1 unspecified atom stereocenters. The molecule has 1 aromatic rings. The van der Waals surface area contributed by atoms with E-state index in [-0.39, 0.29) is 22.2 Å². The Kier molecular flexibility index (Phi) is 5.42. The van der Waals surface area contributed by atoms with E-state index in [0.717, 1.165) is 19.3 Å². The zero-order valence-corrected chi connectivity index (χ0v) is 12.9. The summed E-state index contributed by atoms with van der Waals surface area (Å²) in [4.78, 5) is 24.8. The largest absolute Gasteiger partial charge is 0.338 e. The van der Waals surface area contributed by atoms with Crippen molar-refractivity contribution in [2.24, 2.45) is 5.92 Å². The van der Waals surface area contributed by atoms with Crippen LogP contribution in [0.15, 0.2) is 18.2 Å². The highest BCUT2D eigenvalue weighted by Gasteiger charge is 2.30. The third-order valence-corrected chi connectivity index (χ3v) is 4.26. The number of nitro groups is 1. The third-order valence-electron chi connectivity index (χ3n) is 3.73. The van der Waals surface area contributed by atoms with Crippen molar-refractivity contribution in [3.8, 4) is 0 Å². The maximum atomic E-state index is 12.6. The average Bonchev–Trinajstić information content (AvgIpc) is 2.47. The highest BCUT2D eigenvalue weighted by Crippen LogP contribution is 2.29. The van der Waals surface area contributed by atoms with Gasteiger partial charge in [-0.15, -0.1) is 11.6 Å². The first-order valence-electron chi connectivity index (χ1n) is 6.82. The summed E-state index contributed by atoms with van der Waals surface area (Å²) in [7, 11) is 0. The Balaban J connectivity index is 2.25. The topological polar surface area (TPSA) is 63.4 Å². The molecule has 0 bridgehead atoms. The minimum Gasteiger partial charge on any atom is -0.338 e. The van der Waals surface area contributed by atoms with Gasteiger partial charge in [-0.2, -0.15) is 0 Å². The van der Waals surface area contributed by atoms with Gasteiger partial charge in [-0.25, -0.2) is 0 Å². The first kappa shape index (κ1) is 16.0. The van der Waals surface area contributed by atoms with E-state index in [1.54, 1.807) is 4.90 Å². The predicted octanol–water partition coefficient (Wildman–Crippen LogP) is 3.73. The fraction of sp³-hybridized carbons (Fsp3) is 0.500. The molecule has 0 N–H and O–H groups in total.